The summed E-state index contributed by atoms with van der Waals surface area (Å²) in [4.78, 5) is 0. The first-order valence-corrected chi connectivity index (χ1v) is 14.2. The predicted molar refractivity (Wildman–Crippen MR) is 135 cm³/mol. The van der Waals surface area contributed by atoms with E-state index in [1.165, 1.54) is 5.57 Å². The fourth-order valence-electron chi connectivity index (χ4n) is 7.13. The molecule has 4 saturated heterocycles. The Morgan fingerprint density at radius 1 is 1.03 bits per heavy atom. The molecule has 0 bridgehead atoms. The summed E-state index contributed by atoms with van der Waals surface area (Å²) >= 11 is 0. The molecular formula is C29H46O7. The number of hydrogen-bond acceptors (Lipinski definition) is 7. The number of rotatable bonds is 10. The fourth-order valence-corrected chi connectivity index (χ4v) is 7.13. The van der Waals surface area contributed by atoms with E-state index in [1.54, 1.807) is 0 Å². The Morgan fingerprint density at radius 2 is 1.83 bits per heavy atom. The molecule has 0 amide bonds. The van der Waals surface area contributed by atoms with Crippen molar-refractivity contribution >= 4 is 0 Å². The molecular weight excluding hydrogens is 460 g/mol. The second-order valence-electron chi connectivity index (χ2n) is 12.2. The lowest BCUT2D eigenvalue weighted by molar-refractivity contribution is -0.208. The summed E-state index contributed by atoms with van der Waals surface area (Å²) in [6.45, 7) is 13.3. The lowest BCUT2D eigenvalue weighted by Crippen LogP contribution is -2.51. The summed E-state index contributed by atoms with van der Waals surface area (Å²) in [5.41, 5.74) is 2.30. The van der Waals surface area contributed by atoms with E-state index in [0.29, 0.717) is 24.9 Å². The van der Waals surface area contributed by atoms with Gasteiger partial charge in [-0.25, -0.2) is 0 Å². The van der Waals surface area contributed by atoms with Gasteiger partial charge in [0.15, 0.2) is 0 Å². The van der Waals surface area contributed by atoms with Crippen molar-refractivity contribution in [3.8, 4) is 0 Å². The van der Waals surface area contributed by atoms with Gasteiger partial charge in [-0.05, 0) is 83.1 Å². The molecule has 5 aliphatic rings. The predicted octanol–water partition coefficient (Wildman–Crippen LogP) is 3.30. The number of aliphatic hydroxyl groups excluding tert-OH is 3. The number of hydrogen-bond donors (Lipinski definition) is 3. The lowest BCUT2D eigenvalue weighted by atomic mass is 9.88. The summed E-state index contributed by atoms with van der Waals surface area (Å²) in [6, 6.07) is 0. The zero-order valence-corrected chi connectivity index (χ0v) is 22.0. The molecule has 0 radical (unpaired) electrons. The maximum Gasteiger partial charge on any atom is 0.110 e. The quantitative estimate of drug-likeness (QED) is 0.391. The number of aliphatic hydroxyl groups is 3. The molecule has 0 aromatic carbocycles. The van der Waals surface area contributed by atoms with Crippen molar-refractivity contribution in [2.24, 2.45) is 17.8 Å². The molecule has 1 saturated carbocycles. The van der Waals surface area contributed by atoms with Crippen molar-refractivity contribution in [2.75, 3.05) is 6.61 Å². The number of fused-ring (bicyclic) bond motifs is 2. The maximum absolute atomic E-state index is 11.1. The molecule has 204 valence electrons. The van der Waals surface area contributed by atoms with E-state index in [4.69, 9.17) is 18.9 Å². The summed E-state index contributed by atoms with van der Waals surface area (Å²) in [7, 11) is 0. The normalized spacial score (nSPS) is 45.7. The summed E-state index contributed by atoms with van der Waals surface area (Å²) in [6.07, 6.45) is 5.01. The second kappa shape index (κ2) is 11.1. The van der Waals surface area contributed by atoms with Gasteiger partial charge in [0.05, 0.1) is 54.9 Å². The molecule has 4 aliphatic heterocycles. The van der Waals surface area contributed by atoms with Crippen LogP contribution in [0.2, 0.25) is 0 Å². The molecule has 5 fully saturated rings. The highest BCUT2D eigenvalue weighted by atomic mass is 16.6. The minimum absolute atomic E-state index is 0.0479. The van der Waals surface area contributed by atoms with E-state index < -0.39 is 18.3 Å². The summed E-state index contributed by atoms with van der Waals surface area (Å²) in [5.74, 6) is 0.258. The molecule has 0 spiro atoms. The minimum atomic E-state index is -0.700. The zero-order valence-electron chi connectivity index (χ0n) is 22.0. The molecule has 13 atom stereocenters. The van der Waals surface area contributed by atoms with Gasteiger partial charge in [-0.1, -0.05) is 18.7 Å². The van der Waals surface area contributed by atoms with Crippen LogP contribution in [0.5, 0.6) is 0 Å². The molecule has 7 nitrogen and oxygen atoms in total. The van der Waals surface area contributed by atoms with Gasteiger partial charge < -0.3 is 34.3 Å². The lowest BCUT2D eigenvalue weighted by Gasteiger charge is -2.41. The van der Waals surface area contributed by atoms with Gasteiger partial charge in [0.2, 0.25) is 0 Å². The molecule has 0 aromatic rings. The van der Waals surface area contributed by atoms with Crippen molar-refractivity contribution in [2.45, 2.75) is 133 Å². The highest BCUT2D eigenvalue weighted by Gasteiger charge is 2.65. The third-order valence-electron chi connectivity index (χ3n) is 9.46. The molecule has 3 N–H and O–H groups in total. The minimum Gasteiger partial charge on any atom is -0.393 e. The first-order chi connectivity index (χ1) is 17.2. The zero-order chi connectivity index (χ0) is 25.6. The van der Waals surface area contributed by atoms with Crippen LogP contribution in [0, 0.1) is 17.8 Å². The van der Waals surface area contributed by atoms with E-state index >= 15 is 0 Å². The molecule has 1 aliphatic carbocycles. The third kappa shape index (κ3) is 5.78. The Hall–Kier alpha value is -0.800. The van der Waals surface area contributed by atoms with Crippen molar-refractivity contribution < 1.29 is 34.3 Å². The van der Waals surface area contributed by atoms with Crippen molar-refractivity contribution in [1.82, 2.24) is 0 Å². The van der Waals surface area contributed by atoms with Crippen molar-refractivity contribution in [3.63, 3.8) is 0 Å². The average molecular weight is 507 g/mol. The average Bonchev–Trinajstić information content (AvgIpc) is 3.29. The van der Waals surface area contributed by atoms with Crippen molar-refractivity contribution in [1.29, 1.82) is 0 Å². The standard InChI is InChI=1S/C29H46O7/c1-15(11-19-9-10-33-18(19)4)12-21-7-8-24-28(35-21)27(32)26-25(29(26)36-24)23(31)14-20(30)5-6-22-13-16(2)17(3)34-22/h17-32H,1-2,5-14H2,3-4H3/t17-,18-,19?,20?,21?,22?,23?,24?,25?,26?,27?,28?,29-/m0/s1. The third-order valence-corrected chi connectivity index (χ3v) is 9.46. The Bertz CT molecular complexity index is 800. The molecule has 7 heteroatoms. The second-order valence-corrected chi connectivity index (χ2v) is 12.2. The Balaban J connectivity index is 1.07. The van der Waals surface area contributed by atoms with Crippen LogP contribution in [0.15, 0.2) is 24.3 Å². The van der Waals surface area contributed by atoms with Crippen molar-refractivity contribution in [3.05, 3.63) is 24.3 Å². The van der Waals surface area contributed by atoms with E-state index in [-0.39, 0.29) is 48.5 Å². The SMILES string of the molecule is C=C(CC1CCC2O[C@H]3C(C(O)CC(O)CCC4CC(=C)[C@H](C)O4)C3C(O)C2O1)CC1CCO[C@H]1C. The highest BCUT2D eigenvalue weighted by molar-refractivity contribution is 5.13. The van der Waals surface area contributed by atoms with Crippen LogP contribution in [0.25, 0.3) is 0 Å². The molecule has 5 rings (SSSR count). The van der Waals surface area contributed by atoms with E-state index in [1.807, 2.05) is 6.92 Å². The summed E-state index contributed by atoms with van der Waals surface area (Å²) < 4.78 is 24.2. The van der Waals surface area contributed by atoms with E-state index in [2.05, 4.69) is 20.1 Å². The van der Waals surface area contributed by atoms with Crippen LogP contribution < -0.4 is 0 Å². The molecule has 36 heavy (non-hydrogen) atoms. The van der Waals surface area contributed by atoms with Crippen LogP contribution in [-0.4, -0.2) is 83.0 Å². The van der Waals surface area contributed by atoms with Gasteiger partial charge in [-0.2, -0.15) is 0 Å². The maximum atomic E-state index is 11.1. The van der Waals surface area contributed by atoms with Gasteiger partial charge >= 0.3 is 0 Å². The topological polar surface area (TPSA) is 97.6 Å². The highest BCUT2D eigenvalue weighted by Crippen LogP contribution is 2.54. The Kier molecular flexibility index (Phi) is 8.28. The van der Waals surface area contributed by atoms with Crippen LogP contribution in [0.3, 0.4) is 0 Å². The van der Waals surface area contributed by atoms with Crippen LogP contribution >= 0.6 is 0 Å². The van der Waals surface area contributed by atoms with Gasteiger partial charge in [0, 0.05) is 18.4 Å². The molecule has 4 heterocycles. The molecule has 10 unspecified atom stereocenters. The Morgan fingerprint density at radius 3 is 2.53 bits per heavy atom. The van der Waals surface area contributed by atoms with Crippen LogP contribution in [0.4, 0.5) is 0 Å². The first-order valence-electron chi connectivity index (χ1n) is 14.2. The van der Waals surface area contributed by atoms with Gasteiger partial charge in [-0.15, -0.1) is 0 Å². The first kappa shape index (κ1) is 26.8. The Labute approximate surface area is 215 Å². The van der Waals surface area contributed by atoms with E-state index in [0.717, 1.165) is 57.1 Å². The summed E-state index contributed by atoms with van der Waals surface area (Å²) in [5, 5.41) is 32.6. The van der Waals surface area contributed by atoms with Crippen LogP contribution in [-0.2, 0) is 18.9 Å². The van der Waals surface area contributed by atoms with Gasteiger partial charge in [0.25, 0.3) is 0 Å². The fraction of sp³-hybridized carbons (Fsp3) is 0.862. The largest absolute Gasteiger partial charge is 0.393 e. The smallest absolute Gasteiger partial charge is 0.110 e. The number of ether oxygens (including phenoxy) is 4. The van der Waals surface area contributed by atoms with Crippen LogP contribution in [0.1, 0.15) is 71.6 Å². The van der Waals surface area contributed by atoms with Gasteiger partial charge in [-0.3, -0.25) is 0 Å². The monoisotopic (exact) mass is 506 g/mol. The molecule has 0 aromatic heterocycles. The van der Waals surface area contributed by atoms with Gasteiger partial charge in [0.1, 0.15) is 6.10 Å². The van der Waals surface area contributed by atoms with E-state index in [9.17, 15) is 15.3 Å².